The highest BCUT2D eigenvalue weighted by Crippen LogP contribution is 2.33. The molecule has 0 atom stereocenters. The predicted octanol–water partition coefficient (Wildman–Crippen LogP) is 4.56. The van der Waals surface area contributed by atoms with Crippen LogP contribution in [0.3, 0.4) is 0 Å². The predicted molar refractivity (Wildman–Crippen MR) is 114 cm³/mol. The van der Waals surface area contributed by atoms with Crippen LogP contribution in [0.4, 0.5) is 5.69 Å². The number of allylic oxidation sites excluding steroid dienone is 1. The second kappa shape index (κ2) is 9.24. The van der Waals surface area contributed by atoms with Gasteiger partial charge in [-0.25, -0.2) is 8.42 Å². The lowest BCUT2D eigenvalue weighted by atomic mass is 10.2. The molecule has 1 fully saturated rings. The number of para-hydroxylation sites is 1. The zero-order chi connectivity index (χ0) is 20.9. The van der Waals surface area contributed by atoms with Crippen LogP contribution in [0.25, 0.3) is 0 Å². The Hall–Kier alpha value is -2.64. The number of nitrogens with one attached hydrogen (secondary N) is 1. The molecule has 154 valence electrons. The fourth-order valence-corrected chi connectivity index (χ4v) is 4.70. The maximum Gasteiger partial charge on any atom is 0.248 e. The summed E-state index contributed by atoms with van der Waals surface area (Å²) in [6.07, 6.45) is 4.22. The smallest absolute Gasteiger partial charge is 0.248 e. The monoisotopic (exact) mass is 414 g/mol. The first kappa shape index (κ1) is 21.1. The van der Waals surface area contributed by atoms with Gasteiger partial charge in [0, 0.05) is 19.2 Å². The van der Waals surface area contributed by atoms with Gasteiger partial charge in [0.15, 0.2) is 5.75 Å². The van der Waals surface area contributed by atoms with Crippen LogP contribution in [0.1, 0.15) is 33.1 Å². The van der Waals surface area contributed by atoms with Crippen LogP contribution in [-0.2, 0) is 14.8 Å². The summed E-state index contributed by atoms with van der Waals surface area (Å²) in [5.74, 6) is 0.636. The molecular formula is C22H26N2O4S. The van der Waals surface area contributed by atoms with Crippen LogP contribution in [0.5, 0.6) is 11.5 Å². The Labute approximate surface area is 172 Å². The summed E-state index contributed by atoms with van der Waals surface area (Å²) in [6, 6.07) is 13.7. The van der Waals surface area contributed by atoms with Crippen LogP contribution in [0.2, 0.25) is 0 Å². The Morgan fingerprint density at radius 3 is 2.38 bits per heavy atom. The largest absolute Gasteiger partial charge is 0.455 e. The van der Waals surface area contributed by atoms with E-state index in [2.05, 4.69) is 5.32 Å². The maximum absolute atomic E-state index is 13.0. The molecule has 3 rings (SSSR count). The van der Waals surface area contributed by atoms with E-state index in [1.807, 2.05) is 32.0 Å². The van der Waals surface area contributed by atoms with E-state index in [1.54, 1.807) is 18.2 Å². The standard InChI is InChI=1S/C22H26N2O4S/c1-17(2)15-22(25)23-20-16-19(29(26,27)24-13-7-4-8-14-24)11-12-21(20)28-18-9-5-3-6-10-18/h3,5-6,9-12,15-16H,4,7-8,13-14H2,1-2H3,(H,23,25). The van der Waals surface area contributed by atoms with Crippen LogP contribution in [0, 0.1) is 0 Å². The molecule has 2 aromatic carbocycles. The molecule has 1 saturated heterocycles. The molecule has 2 aromatic rings. The first-order valence-corrected chi connectivity index (χ1v) is 11.1. The van der Waals surface area contributed by atoms with Gasteiger partial charge in [0.25, 0.3) is 0 Å². The fourth-order valence-electron chi connectivity index (χ4n) is 3.16. The van der Waals surface area contributed by atoms with Crippen molar-refractivity contribution < 1.29 is 17.9 Å². The van der Waals surface area contributed by atoms with E-state index in [-0.39, 0.29) is 10.8 Å². The number of nitrogens with zero attached hydrogens (tertiary/aromatic N) is 1. The highest BCUT2D eigenvalue weighted by molar-refractivity contribution is 7.89. The molecule has 0 bridgehead atoms. The van der Waals surface area contributed by atoms with E-state index in [4.69, 9.17) is 4.74 Å². The van der Waals surface area contributed by atoms with Gasteiger partial charge >= 0.3 is 0 Å². The highest BCUT2D eigenvalue weighted by atomic mass is 32.2. The fraction of sp³-hybridized carbons (Fsp3) is 0.318. The van der Waals surface area contributed by atoms with Crippen molar-refractivity contribution in [3.05, 3.63) is 60.2 Å². The molecular weight excluding hydrogens is 388 g/mol. The third-order valence-corrected chi connectivity index (χ3v) is 6.45. The van der Waals surface area contributed by atoms with Crippen molar-refractivity contribution in [1.29, 1.82) is 0 Å². The number of anilines is 1. The zero-order valence-electron chi connectivity index (χ0n) is 16.7. The average molecular weight is 415 g/mol. The maximum atomic E-state index is 13.0. The third kappa shape index (κ3) is 5.46. The molecule has 0 unspecified atom stereocenters. The first-order valence-electron chi connectivity index (χ1n) is 9.69. The van der Waals surface area contributed by atoms with Crippen molar-refractivity contribution in [2.24, 2.45) is 0 Å². The minimum Gasteiger partial charge on any atom is -0.455 e. The number of sulfonamides is 1. The Bertz CT molecular complexity index is 991. The molecule has 0 saturated carbocycles. The lowest BCUT2D eigenvalue weighted by Crippen LogP contribution is -2.35. The molecule has 1 aliphatic heterocycles. The molecule has 7 heteroatoms. The van der Waals surface area contributed by atoms with Crippen LogP contribution >= 0.6 is 0 Å². The van der Waals surface area contributed by atoms with Crippen molar-refractivity contribution >= 4 is 21.6 Å². The van der Waals surface area contributed by atoms with E-state index in [0.717, 1.165) is 24.8 Å². The Kier molecular flexibility index (Phi) is 6.71. The number of hydrogen-bond donors (Lipinski definition) is 1. The lowest BCUT2D eigenvalue weighted by Gasteiger charge is -2.26. The number of piperidine rings is 1. The Balaban J connectivity index is 1.96. The lowest BCUT2D eigenvalue weighted by molar-refractivity contribution is -0.112. The van der Waals surface area contributed by atoms with Gasteiger partial charge in [-0.2, -0.15) is 4.31 Å². The number of carbonyl (C=O) groups excluding carboxylic acids is 1. The minimum absolute atomic E-state index is 0.146. The van der Waals surface area contributed by atoms with Crippen LogP contribution < -0.4 is 10.1 Å². The van der Waals surface area contributed by atoms with Gasteiger partial charge < -0.3 is 10.1 Å². The van der Waals surface area contributed by atoms with E-state index in [1.165, 1.54) is 22.5 Å². The van der Waals surface area contributed by atoms with Gasteiger partial charge in [0.2, 0.25) is 15.9 Å². The molecule has 6 nitrogen and oxygen atoms in total. The summed E-state index contributed by atoms with van der Waals surface area (Å²) < 4.78 is 33.5. The summed E-state index contributed by atoms with van der Waals surface area (Å²) in [7, 11) is -3.62. The molecule has 1 heterocycles. The van der Waals surface area contributed by atoms with E-state index < -0.39 is 10.0 Å². The Morgan fingerprint density at radius 1 is 1.03 bits per heavy atom. The Morgan fingerprint density at radius 2 is 1.72 bits per heavy atom. The normalized spacial score (nSPS) is 14.8. The molecule has 1 aliphatic rings. The summed E-state index contributed by atoms with van der Waals surface area (Å²) in [5.41, 5.74) is 1.15. The van der Waals surface area contributed by atoms with E-state index in [9.17, 15) is 13.2 Å². The number of rotatable bonds is 6. The van der Waals surface area contributed by atoms with Gasteiger partial charge in [-0.05, 0) is 57.0 Å². The number of ether oxygens (including phenoxy) is 1. The van der Waals surface area contributed by atoms with Gasteiger partial charge in [0.05, 0.1) is 10.6 Å². The molecule has 1 N–H and O–H groups in total. The molecule has 29 heavy (non-hydrogen) atoms. The van der Waals surface area contributed by atoms with Gasteiger partial charge in [-0.15, -0.1) is 0 Å². The topological polar surface area (TPSA) is 75.7 Å². The van der Waals surface area contributed by atoms with Crippen molar-refractivity contribution in [3.8, 4) is 11.5 Å². The van der Waals surface area contributed by atoms with Crippen LogP contribution in [0.15, 0.2) is 65.1 Å². The zero-order valence-corrected chi connectivity index (χ0v) is 17.5. The molecule has 0 aliphatic carbocycles. The second-order valence-corrected chi connectivity index (χ2v) is 9.19. The average Bonchev–Trinajstić information content (AvgIpc) is 2.70. The molecule has 0 aromatic heterocycles. The second-order valence-electron chi connectivity index (χ2n) is 7.25. The molecule has 0 radical (unpaired) electrons. The summed E-state index contributed by atoms with van der Waals surface area (Å²) in [6.45, 7) is 4.67. The van der Waals surface area contributed by atoms with Crippen molar-refractivity contribution in [2.75, 3.05) is 18.4 Å². The van der Waals surface area contributed by atoms with E-state index in [0.29, 0.717) is 30.3 Å². The summed E-state index contributed by atoms with van der Waals surface area (Å²) in [4.78, 5) is 12.4. The van der Waals surface area contributed by atoms with Gasteiger partial charge in [-0.3, -0.25) is 4.79 Å². The minimum atomic E-state index is -3.62. The van der Waals surface area contributed by atoms with Gasteiger partial charge in [0.1, 0.15) is 5.75 Å². The van der Waals surface area contributed by atoms with Crippen molar-refractivity contribution in [1.82, 2.24) is 4.31 Å². The quantitative estimate of drug-likeness (QED) is 0.703. The van der Waals surface area contributed by atoms with Crippen LogP contribution in [-0.4, -0.2) is 31.7 Å². The molecule has 1 amide bonds. The first-order chi connectivity index (χ1) is 13.9. The van der Waals surface area contributed by atoms with Crippen molar-refractivity contribution in [2.45, 2.75) is 38.0 Å². The third-order valence-electron chi connectivity index (χ3n) is 4.55. The van der Waals surface area contributed by atoms with Gasteiger partial charge in [-0.1, -0.05) is 30.2 Å². The number of hydrogen-bond acceptors (Lipinski definition) is 4. The SMILES string of the molecule is CC(C)=CC(=O)Nc1cc(S(=O)(=O)N2CCCCC2)ccc1Oc1ccccc1. The number of amides is 1. The highest BCUT2D eigenvalue weighted by Gasteiger charge is 2.27. The molecule has 0 spiro atoms. The number of carbonyl (C=O) groups is 1. The summed E-state index contributed by atoms with van der Waals surface area (Å²) in [5, 5.41) is 2.75. The van der Waals surface area contributed by atoms with Crippen molar-refractivity contribution in [3.63, 3.8) is 0 Å². The summed E-state index contributed by atoms with van der Waals surface area (Å²) >= 11 is 0. The van der Waals surface area contributed by atoms with E-state index >= 15 is 0 Å². The number of benzene rings is 2.